The molecule has 0 N–H and O–H groups in total. The van der Waals surface area contributed by atoms with Crippen LogP contribution in [0.2, 0.25) is 0 Å². The van der Waals surface area contributed by atoms with Gasteiger partial charge in [0.2, 0.25) is 5.91 Å². The Labute approximate surface area is 141 Å². The van der Waals surface area contributed by atoms with Crippen molar-refractivity contribution in [3.05, 3.63) is 23.3 Å². The second-order valence-corrected chi connectivity index (χ2v) is 6.77. The first-order chi connectivity index (χ1) is 11.6. The van der Waals surface area contributed by atoms with Crippen LogP contribution in [0.5, 0.6) is 11.5 Å². The van der Waals surface area contributed by atoms with Crippen LogP contribution in [0.15, 0.2) is 12.1 Å². The number of benzene rings is 1. The largest absolute Gasteiger partial charge is 0.486 e. The maximum Gasteiger partial charge on any atom is 0.255 e. The first-order valence-electron chi connectivity index (χ1n) is 8.58. The minimum atomic E-state index is -0.417. The second kappa shape index (κ2) is 5.69. The summed E-state index contributed by atoms with van der Waals surface area (Å²) in [6.45, 7) is 6.15. The Kier molecular flexibility index (Phi) is 3.62. The molecule has 6 nitrogen and oxygen atoms in total. The molecule has 1 aromatic carbocycles. The highest BCUT2D eigenvalue weighted by atomic mass is 16.6. The lowest BCUT2D eigenvalue weighted by Crippen LogP contribution is -2.60. The number of carbonyl (C=O) groups is 2. The number of amides is 2. The molecule has 3 aliphatic rings. The van der Waals surface area contributed by atoms with Crippen molar-refractivity contribution in [2.24, 2.45) is 0 Å². The van der Waals surface area contributed by atoms with Gasteiger partial charge in [0.25, 0.3) is 5.91 Å². The molecule has 0 bridgehead atoms. The number of piperazine rings is 1. The van der Waals surface area contributed by atoms with Gasteiger partial charge in [0.1, 0.15) is 19.3 Å². The molecule has 2 fully saturated rings. The van der Waals surface area contributed by atoms with E-state index < -0.39 is 6.04 Å². The third kappa shape index (κ3) is 2.32. The van der Waals surface area contributed by atoms with Crippen LogP contribution in [0.3, 0.4) is 0 Å². The van der Waals surface area contributed by atoms with E-state index in [9.17, 15) is 9.59 Å². The van der Waals surface area contributed by atoms with Crippen molar-refractivity contribution in [1.82, 2.24) is 9.80 Å². The number of fused-ring (bicyclic) bond motifs is 2. The van der Waals surface area contributed by atoms with Crippen LogP contribution in [-0.2, 0) is 4.79 Å². The standard InChI is InChI=1S/C18H22N2O4/c1-11-8-15-16(24-7-6-23-15)9-14(11)18(22)20-10-13-4-3-5-19(13)17(21)12(20)2/h8-9,12-13H,3-7,10H2,1-2H3/t12-,13-/m1/s1. The van der Waals surface area contributed by atoms with Gasteiger partial charge in [0.15, 0.2) is 11.5 Å². The Bertz CT molecular complexity index is 703. The van der Waals surface area contributed by atoms with Gasteiger partial charge in [-0.1, -0.05) is 0 Å². The Balaban J connectivity index is 1.64. The van der Waals surface area contributed by atoms with Crippen LogP contribution in [0.4, 0.5) is 0 Å². The zero-order valence-corrected chi connectivity index (χ0v) is 14.1. The normalized spacial score (nSPS) is 25.7. The fourth-order valence-electron chi connectivity index (χ4n) is 3.91. The monoisotopic (exact) mass is 330 g/mol. The van der Waals surface area contributed by atoms with Crippen molar-refractivity contribution >= 4 is 11.8 Å². The smallest absolute Gasteiger partial charge is 0.255 e. The van der Waals surface area contributed by atoms with Crippen molar-refractivity contribution in [2.75, 3.05) is 26.3 Å². The summed E-state index contributed by atoms with van der Waals surface area (Å²) in [5, 5.41) is 0. The van der Waals surface area contributed by atoms with E-state index in [1.165, 1.54) is 0 Å². The lowest BCUT2D eigenvalue weighted by molar-refractivity contribution is -0.141. The number of hydrogen-bond donors (Lipinski definition) is 0. The molecule has 0 spiro atoms. The summed E-state index contributed by atoms with van der Waals surface area (Å²) in [5.41, 5.74) is 1.43. The van der Waals surface area contributed by atoms with Crippen molar-refractivity contribution in [2.45, 2.75) is 38.8 Å². The molecular weight excluding hydrogens is 308 g/mol. The second-order valence-electron chi connectivity index (χ2n) is 6.77. The van der Waals surface area contributed by atoms with Gasteiger partial charge in [-0.25, -0.2) is 0 Å². The van der Waals surface area contributed by atoms with Gasteiger partial charge < -0.3 is 19.3 Å². The average molecular weight is 330 g/mol. The minimum absolute atomic E-state index is 0.0623. The van der Waals surface area contributed by atoms with E-state index in [2.05, 4.69) is 0 Å². The van der Waals surface area contributed by atoms with Crippen LogP contribution >= 0.6 is 0 Å². The van der Waals surface area contributed by atoms with Crippen LogP contribution in [0.1, 0.15) is 35.7 Å². The number of hydrogen-bond acceptors (Lipinski definition) is 4. The quantitative estimate of drug-likeness (QED) is 0.785. The number of aryl methyl sites for hydroxylation is 1. The Morgan fingerprint density at radius 1 is 1.21 bits per heavy atom. The van der Waals surface area contributed by atoms with Gasteiger partial charge in [0, 0.05) is 24.7 Å². The average Bonchev–Trinajstić information content (AvgIpc) is 3.05. The van der Waals surface area contributed by atoms with Gasteiger partial charge in [-0.05, 0) is 44.4 Å². The molecule has 3 heterocycles. The molecule has 128 valence electrons. The fraction of sp³-hybridized carbons (Fsp3) is 0.556. The molecule has 2 atom stereocenters. The van der Waals surface area contributed by atoms with Crippen molar-refractivity contribution in [3.8, 4) is 11.5 Å². The van der Waals surface area contributed by atoms with Gasteiger partial charge in [-0.3, -0.25) is 9.59 Å². The molecule has 3 aliphatic heterocycles. The highest BCUT2D eigenvalue weighted by molar-refractivity contribution is 6.00. The maximum absolute atomic E-state index is 13.1. The predicted octanol–water partition coefficient (Wildman–Crippen LogP) is 1.60. The predicted molar refractivity (Wildman–Crippen MR) is 87.4 cm³/mol. The van der Waals surface area contributed by atoms with Crippen molar-refractivity contribution < 1.29 is 19.1 Å². The van der Waals surface area contributed by atoms with E-state index in [0.717, 1.165) is 24.9 Å². The molecule has 6 heteroatoms. The molecule has 0 radical (unpaired) electrons. The summed E-state index contributed by atoms with van der Waals surface area (Å²) in [7, 11) is 0. The van der Waals surface area contributed by atoms with E-state index >= 15 is 0 Å². The van der Waals surface area contributed by atoms with Crippen molar-refractivity contribution in [3.63, 3.8) is 0 Å². The SMILES string of the molecule is Cc1cc2c(cc1C(=O)N1C[C@H]3CCCN3C(=O)[C@H]1C)OCCO2. The van der Waals surface area contributed by atoms with Gasteiger partial charge in [0.05, 0.1) is 0 Å². The Morgan fingerprint density at radius 3 is 2.67 bits per heavy atom. The molecule has 1 aromatic rings. The molecule has 0 saturated carbocycles. The number of carbonyl (C=O) groups excluding carboxylic acids is 2. The van der Waals surface area contributed by atoms with E-state index in [-0.39, 0.29) is 17.9 Å². The van der Waals surface area contributed by atoms with Crippen LogP contribution in [0, 0.1) is 6.92 Å². The van der Waals surface area contributed by atoms with Crippen molar-refractivity contribution in [1.29, 1.82) is 0 Å². The van der Waals surface area contributed by atoms with Gasteiger partial charge in [-0.15, -0.1) is 0 Å². The van der Waals surface area contributed by atoms with Crippen LogP contribution < -0.4 is 9.47 Å². The van der Waals surface area contributed by atoms with Gasteiger partial charge in [-0.2, -0.15) is 0 Å². The molecular formula is C18H22N2O4. The topological polar surface area (TPSA) is 59.1 Å². The van der Waals surface area contributed by atoms with Crippen LogP contribution in [-0.4, -0.2) is 60.0 Å². The summed E-state index contributed by atoms with van der Waals surface area (Å²) in [5.74, 6) is 1.25. The zero-order chi connectivity index (χ0) is 16.8. The minimum Gasteiger partial charge on any atom is -0.486 e. The third-order valence-corrected chi connectivity index (χ3v) is 5.27. The van der Waals surface area contributed by atoms with E-state index in [4.69, 9.17) is 9.47 Å². The molecule has 24 heavy (non-hydrogen) atoms. The lowest BCUT2D eigenvalue weighted by Gasteiger charge is -2.41. The molecule has 2 saturated heterocycles. The number of rotatable bonds is 1. The first kappa shape index (κ1) is 15.3. The summed E-state index contributed by atoms with van der Waals surface area (Å²) in [4.78, 5) is 29.3. The van der Waals surface area contributed by atoms with Crippen LogP contribution in [0.25, 0.3) is 0 Å². The van der Waals surface area contributed by atoms with E-state index in [0.29, 0.717) is 36.8 Å². The number of nitrogens with zero attached hydrogens (tertiary/aromatic N) is 2. The van der Waals surface area contributed by atoms with Gasteiger partial charge >= 0.3 is 0 Å². The first-order valence-corrected chi connectivity index (χ1v) is 8.58. The summed E-state index contributed by atoms with van der Waals surface area (Å²) >= 11 is 0. The summed E-state index contributed by atoms with van der Waals surface area (Å²) in [6, 6.07) is 3.35. The Hall–Kier alpha value is -2.24. The molecule has 0 aliphatic carbocycles. The zero-order valence-electron chi connectivity index (χ0n) is 14.1. The highest BCUT2D eigenvalue weighted by Crippen LogP contribution is 2.34. The Morgan fingerprint density at radius 2 is 1.92 bits per heavy atom. The lowest BCUT2D eigenvalue weighted by atomic mass is 10.0. The summed E-state index contributed by atoms with van der Waals surface area (Å²) in [6.07, 6.45) is 2.00. The molecule has 4 rings (SSSR count). The fourth-order valence-corrected chi connectivity index (χ4v) is 3.91. The van der Waals surface area contributed by atoms with E-state index in [1.54, 1.807) is 11.0 Å². The molecule has 0 unspecified atom stereocenters. The third-order valence-electron chi connectivity index (χ3n) is 5.27. The van der Waals surface area contributed by atoms with E-state index in [1.807, 2.05) is 24.8 Å². The maximum atomic E-state index is 13.1. The molecule has 0 aromatic heterocycles. The highest BCUT2D eigenvalue weighted by Gasteiger charge is 2.42. The summed E-state index contributed by atoms with van der Waals surface area (Å²) < 4.78 is 11.2. The number of ether oxygens (including phenoxy) is 2. The molecule has 2 amide bonds.